The van der Waals surface area contributed by atoms with Crippen molar-refractivity contribution < 1.29 is 4.79 Å². The first-order valence-electron chi connectivity index (χ1n) is 4.95. The molecule has 1 aliphatic carbocycles. The molecule has 1 fully saturated rings. The predicted molar refractivity (Wildman–Crippen MR) is 60.5 cm³/mol. The van der Waals surface area contributed by atoms with E-state index < -0.39 is 0 Å². The Labute approximate surface area is 92.4 Å². The van der Waals surface area contributed by atoms with E-state index in [1.807, 2.05) is 6.92 Å². The molecule has 0 radical (unpaired) electrons. The second-order valence-electron chi connectivity index (χ2n) is 4.54. The lowest BCUT2D eigenvalue weighted by atomic mass is 9.74. The Morgan fingerprint density at radius 1 is 1.43 bits per heavy atom. The van der Waals surface area contributed by atoms with E-state index in [0.29, 0.717) is 0 Å². The smallest absolute Gasteiger partial charge is 0.227 e. The minimum absolute atomic E-state index is 0. The van der Waals surface area contributed by atoms with Crippen LogP contribution >= 0.6 is 12.4 Å². The number of nitrogens with zero attached hydrogens (tertiary/aromatic N) is 1. The fourth-order valence-corrected chi connectivity index (χ4v) is 2.08. The van der Waals surface area contributed by atoms with Crippen LogP contribution in [-0.4, -0.2) is 30.4 Å². The molecule has 1 rings (SSSR count). The van der Waals surface area contributed by atoms with E-state index in [1.54, 1.807) is 19.0 Å². The molecule has 0 aliphatic heterocycles. The fraction of sp³-hybridized carbons (Fsp3) is 0.900. The number of hydrogen-bond acceptors (Lipinski definition) is 2. The van der Waals surface area contributed by atoms with Crippen LogP contribution in [0.2, 0.25) is 0 Å². The van der Waals surface area contributed by atoms with Crippen molar-refractivity contribution in [1.82, 2.24) is 4.90 Å². The average Bonchev–Trinajstić information content (AvgIpc) is 2.02. The van der Waals surface area contributed by atoms with E-state index in [2.05, 4.69) is 0 Å². The summed E-state index contributed by atoms with van der Waals surface area (Å²) in [6.07, 6.45) is 4.21. The molecule has 0 heterocycles. The van der Waals surface area contributed by atoms with Crippen LogP contribution in [0.25, 0.3) is 0 Å². The van der Waals surface area contributed by atoms with Crippen LogP contribution in [0.15, 0.2) is 0 Å². The monoisotopic (exact) mass is 220 g/mol. The number of hydrogen-bond donors (Lipinski definition) is 1. The maximum atomic E-state index is 11.8. The number of amides is 1. The molecule has 2 atom stereocenters. The van der Waals surface area contributed by atoms with Crippen molar-refractivity contribution in [3.8, 4) is 0 Å². The number of carbonyl (C=O) groups excluding carboxylic acids is 1. The summed E-state index contributed by atoms with van der Waals surface area (Å²) >= 11 is 0. The average molecular weight is 221 g/mol. The van der Waals surface area contributed by atoms with E-state index in [-0.39, 0.29) is 29.8 Å². The van der Waals surface area contributed by atoms with Crippen molar-refractivity contribution in [3.63, 3.8) is 0 Å². The topological polar surface area (TPSA) is 46.3 Å². The fourth-order valence-electron chi connectivity index (χ4n) is 2.08. The van der Waals surface area contributed by atoms with Gasteiger partial charge < -0.3 is 10.6 Å². The summed E-state index contributed by atoms with van der Waals surface area (Å²) in [5, 5.41) is 0. The van der Waals surface area contributed by atoms with E-state index in [9.17, 15) is 4.79 Å². The number of carbonyl (C=O) groups is 1. The molecule has 0 aromatic carbocycles. The third-order valence-electron chi connectivity index (χ3n) is 2.99. The van der Waals surface area contributed by atoms with Crippen LogP contribution in [0.4, 0.5) is 0 Å². The van der Waals surface area contributed by atoms with Gasteiger partial charge in [0.1, 0.15) is 0 Å². The van der Waals surface area contributed by atoms with E-state index in [0.717, 1.165) is 25.7 Å². The molecule has 14 heavy (non-hydrogen) atoms. The molecule has 1 amide bonds. The highest BCUT2D eigenvalue weighted by atomic mass is 35.5. The van der Waals surface area contributed by atoms with Crippen LogP contribution in [0, 0.1) is 5.92 Å². The van der Waals surface area contributed by atoms with Crippen molar-refractivity contribution in [1.29, 1.82) is 0 Å². The Morgan fingerprint density at radius 3 is 2.43 bits per heavy atom. The summed E-state index contributed by atoms with van der Waals surface area (Å²) in [4.78, 5) is 13.4. The van der Waals surface area contributed by atoms with Crippen LogP contribution in [-0.2, 0) is 4.79 Å². The van der Waals surface area contributed by atoms with Crippen molar-refractivity contribution in [3.05, 3.63) is 0 Å². The summed E-state index contributed by atoms with van der Waals surface area (Å²) in [5.74, 6) is 0.209. The van der Waals surface area contributed by atoms with Gasteiger partial charge in [0, 0.05) is 19.6 Å². The molecule has 2 unspecified atom stereocenters. The van der Waals surface area contributed by atoms with Gasteiger partial charge in [-0.15, -0.1) is 12.4 Å². The molecule has 3 nitrogen and oxygen atoms in total. The standard InChI is InChI=1S/C10H20N2O.ClH/c1-10(11)7-5-4-6-8(10)9(13)12(2)3;/h8H,4-7,11H2,1-3H3;1H. The molecule has 0 bridgehead atoms. The molecular weight excluding hydrogens is 200 g/mol. The Bertz CT molecular complexity index is 204. The molecule has 1 saturated carbocycles. The maximum absolute atomic E-state index is 11.8. The summed E-state index contributed by atoms with van der Waals surface area (Å²) in [6.45, 7) is 2.00. The zero-order valence-corrected chi connectivity index (χ0v) is 10.1. The number of nitrogens with two attached hydrogens (primary N) is 1. The van der Waals surface area contributed by atoms with Crippen LogP contribution in [0.5, 0.6) is 0 Å². The minimum Gasteiger partial charge on any atom is -0.349 e. The molecule has 2 N–H and O–H groups in total. The zero-order chi connectivity index (χ0) is 10.1. The lowest BCUT2D eigenvalue weighted by Crippen LogP contribution is -2.52. The summed E-state index contributed by atoms with van der Waals surface area (Å²) in [6, 6.07) is 0. The molecule has 0 saturated heterocycles. The summed E-state index contributed by atoms with van der Waals surface area (Å²) in [7, 11) is 3.60. The molecular formula is C10H21ClN2O. The second kappa shape index (κ2) is 4.99. The lowest BCUT2D eigenvalue weighted by Gasteiger charge is -2.38. The van der Waals surface area contributed by atoms with Gasteiger partial charge in [-0.1, -0.05) is 12.8 Å². The number of rotatable bonds is 1. The van der Waals surface area contributed by atoms with E-state index >= 15 is 0 Å². The normalized spacial score (nSPS) is 31.9. The molecule has 0 spiro atoms. The highest BCUT2D eigenvalue weighted by Gasteiger charge is 2.38. The van der Waals surface area contributed by atoms with Gasteiger partial charge >= 0.3 is 0 Å². The summed E-state index contributed by atoms with van der Waals surface area (Å²) < 4.78 is 0. The van der Waals surface area contributed by atoms with Gasteiger partial charge in [-0.3, -0.25) is 4.79 Å². The van der Waals surface area contributed by atoms with Gasteiger partial charge in [0.25, 0.3) is 0 Å². The van der Waals surface area contributed by atoms with Gasteiger partial charge in [0.05, 0.1) is 5.92 Å². The zero-order valence-electron chi connectivity index (χ0n) is 9.25. The predicted octanol–water partition coefficient (Wildman–Crippen LogP) is 1.40. The first-order valence-corrected chi connectivity index (χ1v) is 4.95. The van der Waals surface area contributed by atoms with Crippen LogP contribution < -0.4 is 5.73 Å². The summed E-state index contributed by atoms with van der Waals surface area (Å²) in [5.41, 5.74) is 5.82. The minimum atomic E-state index is -0.292. The highest BCUT2D eigenvalue weighted by Crippen LogP contribution is 2.32. The van der Waals surface area contributed by atoms with Crippen LogP contribution in [0.3, 0.4) is 0 Å². The first kappa shape index (κ1) is 13.7. The Balaban J connectivity index is 0.00000169. The molecule has 1 aliphatic rings. The number of halogens is 1. The SMILES string of the molecule is CN(C)C(=O)C1CCCCC1(C)N.Cl. The van der Waals surface area contributed by atoms with Gasteiger partial charge in [-0.05, 0) is 19.8 Å². The third-order valence-corrected chi connectivity index (χ3v) is 2.99. The van der Waals surface area contributed by atoms with Crippen molar-refractivity contribution in [2.24, 2.45) is 11.7 Å². The van der Waals surface area contributed by atoms with E-state index in [4.69, 9.17) is 5.73 Å². The maximum Gasteiger partial charge on any atom is 0.227 e. The molecule has 4 heteroatoms. The Kier molecular flexibility index (Phi) is 4.89. The largest absolute Gasteiger partial charge is 0.349 e. The van der Waals surface area contributed by atoms with Gasteiger partial charge in [-0.25, -0.2) is 0 Å². The van der Waals surface area contributed by atoms with E-state index in [1.165, 1.54) is 0 Å². The van der Waals surface area contributed by atoms with Crippen molar-refractivity contribution in [2.75, 3.05) is 14.1 Å². The van der Waals surface area contributed by atoms with Gasteiger partial charge in [-0.2, -0.15) is 0 Å². The highest BCUT2D eigenvalue weighted by molar-refractivity contribution is 5.85. The second-order valence-corrected chi connectivity index (χ2v) is 4.54. The quantitative estimate of drug-likeness (QED) is 0.726. The molecule has 0 aromatic rings. The molecule has 84 valence electrons. The van der Waals surface area contributed by atoms with Crippen molar-refractivity contribution in [2.45, 2.75) is 38.1 Å². The Hall–Kier alpha value is -0.280. The van der Waals surface area contributed by atoms with Gasteiger partial charge in [0.2, 0.25) is 5.91 Å². The lowest BCUT2D eigenvalue weighted by molar-refractivity contribution is -0.136. The first-order chi connectivity index (χ1) is 5.95. The van der Waals surface area contributed by atoms with Crippen molar-refractivity contribution >= 4 is 18.3 Å². The van der Waals surface area contributed by atoms with Gasteiger partial charge in [0.15, 0.2) is 0 Å². The third kappa shape index (κ3) is 2.85. The molecule has 0 aromatic heterocycles. The van der Waals surface area contributed by atoms with Crippen LogP contribution in [0.1, 0.15) is 32.6 Å². The Morgan fingerprint density at radius 2 is 2.00 bits per heavy atom.